The maximum atomic E-state index is 12.8. The minimum atomic E-state index is -0.383. The molecular formula is C19H18FNO3. The van der Waals surface area contributed by atoms with Crippen LogP contribution in [0.25, 0.3) is 6.08 Å². The van der Waals surface area contributed by atoms with Crippen LogP contribution in [0.2, 0.25) is 0 Å². The highest BCUT2D eigenvalue weighted by molar-refractivity contribution is 6.02. The summed E-state index contributed by atoms with van der Waals surface area (Å²) in [5.74, 6) is -1.03. The first-order valence-electron chi connectivity index (χ1n) is 7.60. The van der Waals surface area contributed by atoms with E-state index in [0.717, 1.165) is 12.0 Å². The Morgan fingerprint density at radius 3 is 2.38 bits per heavy atom. The number of nitrogens with one attached hydrogen (secondary N) is 1. The number of halogens is 1. The Morgan fingerprint density at radius 2 is 1.75 bits per heavy atom. The molecule has 124 valence electrons. The summed E-state index contributed by atoms with van der Waals surface area (Å²) in [6, 6.07) is 12.3. The largest absolute Gasteiger partial charge is 0.462 e. The molecule has 1 amide bonds. The number of esters is 1. The molecule has 0 aliphatic heterocycles. The van der Waals surface area contributed by atoms with Gasteiger partial charge in [-0.2, -0.15) is 0 Å². The summed E-state index contributed by atoms with van der Waals surface area (Å²) < 4.78 is 17.8. The van der Waals surface area contributed by atoms with Gasteiger partial charge in [0.2, 0.25) is 5.91 Å². The quantitative estimate of drug-likeness (QED) is 0.643. The lowest BCUT2D eigenvalue weighted by atomic mass is 10.2. The average Bonchev–Trinajstić information content (AvgIpc) is 2.60. The first-order valence-corrected chi connectivity index (χ1v) is 7.60. The third kappa shape index (κ3) is 5.35. The summed E-state index contributed by atoms with van der Waals surface area (Å²) in [7, 11) is 0. The average molecular weight is 327 g/mol. The number of ether oxygens (including phenoxy) is 1. The van der Waals surface area contributed by atoms with E-state index in [1.165, 1.54) is 18.2 Å². The summed E-state index contributed by atoms with van der Waals surface area (Å²) in [6.45, 7) is 2.30. The highest BCUT2D eigenvalue weighted by atomic mass is 19.1. The van der Waals surface area contributed by atoms with Crippen LogP contribution in [0.5, 0.6) is 0 Å². The molecule has 0 radical (unpaired) electrons. The molecule has 2 aromatic rings. The van der Waals surface area contributed by atoms with E-state index in [0.29, 0.717) is 17.9 Å². The second kappa shape index (κ2) is 8.62. The molecule has 0 bridgehead atoms. The number of hydrogen-bond acceptors (Lipinski definition) is 3. The van der Waals surface area contributed by atoms with E-state index < -0.39 is 0 Å². The maximum Gasteiger partial charge on any atom is 0.338 e. The monoisotopic (exact) mass is 327 g/mol. The number of carbonyl (C=O) groups excluding carboxylic acids is 2. The number of rotatable bonds is 6. The van der Waals surface area contributed by atoms with E-state index in [1.807, 2.05) is 6.92 Å². The molecule has 0 saturated carbocycles. The summed E-state index contributed by atoms with van der Waals surface area (Å²) in [5, 5.41) is 2.68. The van der Waals surface area contributed by atoms with Crippen molar-refractivity contribution in [2.75, 3.05) is 11.9 Å². The van der Waals surface area contributed by atoms with Crippen molar-refractivity contribution in [1.82, 2.24) is 0 Å². The topological polar surface area (TPSA) is 55.4 Å². The second-order valence-corrected chi connectivity index (χ2v) is 5.09. The van der Waals surface area contributed by atoms with Gasteiger partial charge >= 0.3 is 5.97 Å². The number of anilines is 1. The van der Waals surface area contributed by atoms with Gasteiger partial charge in [0.05, 0.1) is 12.2 Å². The molecular weight excluding hydrogens is 309 g/mol. The fraction of sp³-hybridized carbons (Fsp3) is 0.158. The van der Waals surface area contributed by atoms with Gasteiger partial charge in [-0.25, -0.2) is 9.18 Å². The molecule has 0 fully saturated rings. The van der Waals surface area contributed by atoms with Crippen molar-refractivity contribution in [2.45, 2.75) is 13.3 Å². The van der Waals surface area contributed by atoms with Gasteiger partial charge < -0.3 is 10.1 Å². The molecule has 0 heterocycles. The van der Waals surface area contributed by atoms with Crippen LogP contribution < -0.4 is 5.32 Å². The van der Waals surface area contributed by atoms with Crippen molar-refractivity contribution in [3.63, 3.8) is 0 Å². The molecule has 0 atom stereocenters. The molecule has 2 aromatic carbocycles. The van der Waals surface area contributed by atoms with Crippen molar-refractivity contribution < 1.29 is 18.7 Å². The number of benzene rings is 2. The zero-order valence-electron chi connectivity index (χ0n) is 13.3. The fourth-order valence-electron chi connectivity index (χ4n) is 1.90. The number of amides is 1. The molecule has 1 N–H and O–H groups in total. The van der Waals surface area contributed by atoms with Gasteiger partial charge in [-0.1, -0.05) is 19.1 Å². The smallest absolute Gasteiger partial charge is 0.338 e. The Morgan fingerprint density at radius 1 is 1.08 bits per heavy atom. The fourth-order valence-corrected chi connectivity index (χ4v) is 1.90. The summed E-state index contributed by atoms with van der Waals surface area (Å²) in [4.78, 5) is 23.5. The minimum absolute atomic E-state index is 0.319. The van der Waals surface area contributed by atoms with Crippen molar-refractivity contribution in [1.29, 1.82) is 0 Å². The van der Waals surface area contributed by atoms with E-state index in [9.17, 15) is 14.0 Å². The van der Waals surface area contributed by atoms with E-state index >= 15 is 0 Å². The third-order valence-electron chi connectivity index (χ3n) is 3.12. The van der Waals surface area contributed by atoms with E-state index in [-0.39, 0.29) is 17.7 Å². The molecule has 0 saturated heterocycles. The highest BCUT2D eigenvalue weighted by Crippen LogP contribution is 2.11. The lowest BCUT2D eigenvalue weighted by Gasteiger charge is -2.05. The lowest BCUT2D eigenvalue weighted by molar-refractivity contribution is -0.111. The molecule has 0 unspecified atom stereocenters. The SMILES string of the molecule is CCCOC(=O)c1ccc(NC(=O)C=Cc2ccc(F)cc2)cc1. The Labute approximate surface area is 140 Å². The first kappa shape index (κ1) is 17.4. The van der Waals surface area contributed by atoms with Gasteiger partial charge in [-0.15, -0.1) is 0 Å². The van der Waals surface area contributed by atoms with Gasteiger partial charge in [0.25, 0.3) is 0 Å². The van der Waals surface area contributed by atoms with Crippen LogP contribution in [-0.2, 0) is 9.53 Å². The molecule has 0 spiro atoms. The van der Waals surface area contributed by atoms with Gasteiger partial charge in [0.15, 0.2) is 0 Å². The van der Waals surface area contributed by atoms with Gasteiger partial charge in [-0.05, 0) is 54.5 Å². The molecule has 0 aromatic heterocycles. The second-order valence-electron chi connectivity index (χ2n) is 5.09. The Bertz CT molecular complexity index is 721. The van der Waals surface area contributed by atoms with Crippen molar-refractivity contribution in [3.05, 3.63) is 71.6 Å². The third-order valence-corrected chi connectivity index (χ3v) is 3.12. The van der Waals surface area contributed by atoms with Crippen LogP contribution >= 0.6 is 0 Å². The van der Waals surface area contributed by atoms with Gasteiger partial charge in [-0.3, -0.25) is 4.79 Å². The summed E-state index contributed by atoms with van der Waals surface area (Å²) in [5.41, 5.74) is 1.72. The normalized spacial score (nSPS) is 10.6. The predicted molar refractivity (Wildman–Crippen MR) is 91.1 cm³/mol. The predicted octanol–water partition coefficient (Wildman–Crippen LogP) is 4.04. The molecule has 24 heavy (non-hydrogen) atoms. The minimum Gasteiger partial charge on any atom is -0.462 e. The van der Waals surface area contributed by atoms with Gasteiger partial charge in [0, 0.05) is 11.8 Å². The Balaban J connectivity index is 1.92. The molecule has 0 aliphatic rings. The van der Waals surface area contributed by atoms with Crippen LogP contribution in [0, 0.1) is 5.82 Å². The zero-order valence-corrected chi connectivity index (χ0v) is 13.3. The molecule has 5 heteroatoms. The van der Waals surface area contributed by atoms with E-state index in [1.54, 1.807) is 42.5 Å². The van der Waals surface area contributed by atoms with Crippen molar-refractivity contribution >= 4 is 23.6 Å². The lowest BCUT2D eigenvalue weighted by Crippen LogP contribution is -2.09. The van der Waals surface area contributed by atoms with Gasteiger partial charge in [0.1, 0.15) is 5.82 Å². The molecule has 2 rings (SSSR count). The van der Waals surface area contributed by atoms with E-state index in [2.05, 4.69) is 5.32 Å². The molecule has 4 nitrogen and oxygen atoms in total. The van der Waals surface area contributed by atoms with Crippen LogP contribution in [-0.4, -0.2) is 18.5 Å². The Kier molecular flexibility index (Phi) is 6.25. The van der Waals surface area contributed by atoms with Crippen LogP contribution in [0.15, 0.2) is 54.6 Å². The molecule has 0 aliphatic carbocycles. The van der Waals surface area contributed by atoms with Crippen molar-refractivity contribution in [2.24, 2.45) is 0 Å². The first-order chi connectivity index (χ1) is 11.6. The van der Waals surface area contributed by atoms with Crippen LogP contribution in [0.3, 0.4) is 0 Å². The number of carbonyl (C=O) groups is 2. The summed E-state index contributed by atoms with van der Waals surface area (Å²) >= 11 is 0. The number of hydrogen-bond donors (Lipinski definition) is 1. The van der Waals surface area contributed by atoms with Crippen LogP contribution in [0.4, 0.5) is 10.1 Å². The maximum absolute atomic E-state index is 12.8. The van der Waals surface area contributed by atoms with E-state index in [4.69, 9.17) is 4.74 Å². The van der Waals surface area contributed by atoms with Crippen molar-refractivity contribution in [3.8, 4) is 0 Å². The standard InChI is InChI=1S/C19H18FNO3/c1-2-13-24-19(23)15-6-10-17(11-7-15)21-18(22)12-5-14-3-8-16(20)9-4-14/h3-12H,2,13H2,1H3,(H,21,22). The summed E-state index contributed by atoms with van der Waals surface area (Å²) in [6.07, 6.45) is 3.71. The Hall–Kier alpha value is -2.95. The highest BCUT2D eigenvalue weighted by Gasteiger charge is 2.06. The van der Waals surface area contributed by atoms with Crippen LogP contribution in [0.1, 0.15) is 29.3 Å². The zero-order chi connectivity index (χ0) is 17.4.